The minimum atomic E-state index is -4.59. The first-order valence-electron chi connectivity index (χ1n) is 16.9. The fourth-order valence-corrected chi connectivity index (χ4v) is 8.32. The highest BCUT2D eigenvalue weighted by Crippen LogP contribution is 2.32. The Morgan fingerprint density at radius 1 is 1.10 bits per heavy atom. The fourth-order valence-electron chi connectivity index (χ4n) is 6.02. The topological polar surface area (TPSA) is 156 Å². The lowest BCUT2D eigenvalue weighted by atomic mass is 9.95. The molecule has 3 aromatic rings. The Morgan fingerprint density at radius 2 is 1.77 bits per heavy atom. The van der Waals surface area contributed by atoms with E-state index in [1.165, 1.54) is 43.8 Å². The molecule has 3 amide bonds. The molecule has 0 unspecified atom stereocenters. The summed E-state index contributed by atoms with van der Waals surface area (Å²) in [5.41, 5.74) is 1.35. The van der Waals surface area contributed by atoms with Gasteiger partial charge in [0, 0.05) is 31.6 Å². The van der Waals surface area contributed by atoms with Gasteiger partial charge in [-0.2, -0.15) is 17.5 Å². The number of aliphatic hydroxyl groups excluding tert-OH is 1. The van der Waals surface area contributed by atoms with E-state index in [9.17, 15) is 36.3 Å². The molecule has 3 N–H and O–H groups in total. The monoisotopic (exact) mass is 766 g/mol. The van der Waals surface area contributed by atoms with Crippen molar-refractivity contribution in [1.82, 2.24) is 24.4 Å². The SMILES string of the molecule is CC[C@H](C)[C@@H](C(=O)N[C@@H](Cc1ccccc1)[C@@H](O)CN(CC(C)C)S(=O)(=O)c1ccc(C=NO)cc1)N1CCN(Cc2csc(C(F)(F)F)n2)C1=O. The van der Waals surface area contributed by atoms with Crippen molar-refractivity contribution in [1.29, 1.82) is 0 Å². The highest BCUT2D eigenvalue weighted by atomic mass is 32.2. The van der Waals surface area contributed by atoms with Crippen molar-refractivity contribution in [2.45, 2.75) is 76.3 Å². The maximum Gasteiger partial charge on any atom is 0.443 e. The number of alkyl halides is 3. The summed E-state index contributed by atoms with van der Waals surface area (Å²) in [7, 11) is -4.12. The number of amides is 3. The van der Waals surface area contributed by atoms with Crippen LogP contribution in [0, 0.1) is 11.8 Å². The number of halogens is 3. The molecule has 52 heavy (non-hydrogen) atoms. The average Bonchev–Trinajstić information content (AvgIpc) is 3.72. The Hall–Kier alpha value is -4.06. The van der Waals surface area contributed by atoms with Gasteiger partial charge in [0.25, 0.3) is 0 Å². The van der Waals surface area contributed by atoms with Crippen molar-refractivity contribution in [2.24, 2.45) is 17.0 Å². The number of nitrogens with one attached hydrogen (secondary N) is 1. The lowest BCUT2D eigenvalue weighted by Gasteiger charge is -2.35. The lowest BCUT2D eigenvalue weighted by Crippen LogP contribution is -2.57. The summed E-state index contributed by atoms with van der Waals surface area (Å²) in [6, 6.07) is 12.3. The molecule has 0 spiro atoms. The fraction of sp³-hybridized carbons (Fsp3) is 0.486. The van der Waals surface area contributed by atoms with Gasteiger partial charge in [0.05, 0.1) is 35.5 Å². The van der Waals surface area contributed by atoms with Gasteiger partial charge in [0.15, 0.2) is 5.01 Å². The Morgan fingerprint density at radius 3 is 2.35 bits per heavy atom. The summed E-state index contributed by atoms with van der Waals surface area (Å²) >= 11 is 0.452. The molecule has 12 nitrogen and oxygen atoms in total. The number of oxime groups is 1. The summed E-state index contributed by atoms with van der Waals surface area (Å²) in [6.07, 6.45) is -4.15. The highest BCUT2D eigenvalue weighted by molar-refractivity contribution is 7.89. The van der Waals surface area contributed by atoms with Gasteiger partial charge in [-0.3, -0.25) is 4.79 Å². The van der Waals surface area contributed by atoms with Gasteiger partial charge in [-0.15, -0.1) is 11.3 Å². The molecule has 0 aliphatic carbocycles. The first-order chi connectivity index (χ1) is 24.5. The number of rotatable bonds is 17. The van der Waals surface area contributed by atoms with Gasteiger partial charge in [-0.1, -0.05) is 81.7 Å². The number of hydrogen-bond acceptors (Lipinski definition) is 9. The third kappa shape index (κ3) is 10.3. The number of thiazole rings is 1. The number of sulfonamides is 1. The van der Waals surface area contributed by atoms with E-state index in [1.807, 2.05) is 45.9 Å². The summed E-state index contributed by atoms with van der Waals surface area (Å²) in [6.45, 7) is 7.25. The molecule has 2 heterocycles. The Kier molecular flexibility index (Phi) is 13.8. The molecule has 2 aromatic carbocycles. The molecule has 17 heteroatoms. The third-order valence-electron chi connectivity index (χ3n) is 8.84. The summed E-state index contributed by atoms with van der Waals surface area (Å²) in [5.74, 6) is -1.00. The van der Waals surface area contributed by atoms with E-state index >= 15 is 0 Å². The summed E-state index contributed by atoms with van der Waals surface area (Å²) < 4.78 is 68.3. The van der Waals surface area contributed by atoms with Crippen LogP contribution in [-0.2, 0) is 34.0 Å². The van der Waals surface area contributed by atoms with Crippen molar-refractivity contribution in [3.63, 3.8) is 0 Å². The van der Waals surface area contributed by atoms with E-state index in [0.717, 1.165) is 11.8 Å². The Labute approximate surface area is 306 Å². The predicted octanol–water partition coefficient (Wildman–Crippen LogP) is 5.06. The van der Waals surface area contributed by atoms with E-state index < -0.39 is 51.3 Å². The molecule has 4 atom stereocenters. The van der Waals surface area contributed by atoms with Crippen LogP contribution in [0.5, 0.6) is 0 Å². The standard InChI is InChI=1S/C35H45F3N6O6S2/c1-5-24(4)31(44-16-15-42(34(44)47)20-27-22-51-33(40-27)35(36,37)38)32(46)41-29(17-25-9-7-6-8-10-25)30(45)21-43(19-23(2)3)52(49,50)28-13-11-26(12-14-28)18-39-48/h6-14,18,22-24,29-31,45,48H,5,15-17,19-21H2,1-4H3,(H,41,46)/t24-,29-,30-,31-/m0/s1. The zero-order valence-corrected chi connectivity index (χ0v) is 31.0. The number of urea groups is 1. The van der Waals surface area contributed by atoms with Gasteiger partial charge in [0.2, 0.25) is 15.9 Å². The normalized spacial score (nSPS) is 16.5. The molecular weight excluding hydrogens is 722 g/mol. The number of benzene rings is 2. The van der Waals surface area contributed by atoms with E-state index in [1.54, 1.807) is 12.1 Å². The largest absolute Gasteiger partial charge is 0.443 e. The summed E-state index contributed by atoms with van der Waals surface area (Å²) in [4.78, 5) is 34.2. The van der Waals surface area contributed by atoms with Gasteiger partial charge < -0.3 is 25.4 Å². The zero-order chi connectivity index (χ0) is 38.2. The quantitative estimate of drug-likeness (QED) is 0.0986. The van der Waals surface area contributed by atoms with Gasteiger partial charge in [-0.25, -0.2) is 18.2 Å². The van der Waals surface area contributed by atoms with Crippen LogP contribution in [0.25, 0.3) is 0 Å². The minimum Gasteiger partial charge on any atom is -0.411 e. The van der Waals surface area contributed by atoms with Crippen molar-refractivity contribution in [3.8, 4) is 0 Å². The first-order valence-corrected chi connectivity index (χ1v) is 19.2. The van der Waals surface area contributed by atoms with Gasteiger partial charge in [0.1, 0.15) is 6.04 Å². The van der Waals surface area contributed by atoms with E-state index in [-0.39, 0.29) is 61.6 Å². The van der Waals surface area contributed by atoms with Crippen molar-refractivity contribution >= 4 is 39.5 Å². The molecule has 284 valence electrons. The Bertz CT molecular complexity index is 1770. The zero-order valence-electron chi connectivity index (χ0n) is 29.4. The maximum absolute atomic E-state index is 14.2. The molecule has 0 radical (unpaired) electrons. The average molecular weight is 767 g/mol. The highest BCUT2D eigenvalue weighted by Gasteiger charge is 2.42. The summed E-state index contributed by atoms with van der Waals surface area (Å²) in [5, 5.41) is 26.7. The van der Waals surface area contributed by atoms with E-state index in [4.69, 9.17) is 5.21 Å². The predicted molar refractivity (Wildman–Crippen MR) is 190 cm³/mol. The molecule has 1 aromatic heterocycles. The molecule has 1 aliphatic rings. The van der Waals surface area contributed by atoms with Crippen LogP contribution in [0.2, 0.25) is 0 Å². The van der Waals surface area contributed by atoms with Crippen LogP contribution in [0.4, 0.5) is 18.0 Å². The number of carbonyl (C=O) groups is 2. The van der Waals surface area contributed by atoms with E-state index in [0.29, 0.717) is 23.3 Å². The molecule has 1 fully saturated rings. The molecule has 0 bridgehead atoms. The van der Waals surface area contributed by atoms with Gasteiger partial charge >= 0.3 is 12.2 Å². The minimum absolute atomic E-state index is 0.0275. The molecule has 1 aliphatic heterocycles. The number of nitrogens with zero attached hydrogens (tertiary/aromatic N) is 5. The second-order valence-electron chi connectivity index (χ2n) is 13.3. The Balaban J connectivity index is 1.58. The van der Waals surface area contributed by atoms with Crippen molar-refractivity contribution < 1.29 is 41.5 Å². The van der Waals surface area contributed by atoms with Crippen LogP contribution < -0.4 is 5.32 Å². The first kappa shape index (κ1) is 40.7. The van der Waals surface area contributed by atoms with Crippen LogP contribution >= 0.6 is 11.3 Å². The maximum atomic E-state index is 14.2. The van der Waals surface area contributed by atoms with Crippen LogP contribution in [0.3, 0.4) is 0 Å². The van der Waals surface area contributed by atoms with E-state index in [2.05, 4.69) is 15.5 Å². The number of hydrogen-bond donors (Lipinski definition) is 3. The lowest BCUT2D eigenvalue weighted by molar-refractivity contribution is -0.137. The second kappa shape index (κ2) is 17.6. The van der Waals surface area contributed by atoms with Crippen LogP contribution in [0.1, 0.15) is 55.9 Å². The molecule has 1 saturated heterocycles. The van der Waals surface area contributed by atoms with Crippen molar-refractivity contribution in [2.75, 3.05) is 26.2 Å². The van der Waals surface area contributed by atoms with Crippen molar-refractivity contribution in [3.05, 3.63) is 81.8 Å². The smallest absolute Gasteiger partial charge is 0.411 e. The van der Waals surface area contributed by atoms with Gasteiger partial charge in [-0.05, 0) is 41.5 Å². The second-order valence-corrected chi connectivity index (χ2v) is 16.1. The number of aliphatic hydroxyl groups is 1. The number of carbonyl (C=O) groups excluding carboxylic acids is 2. The molecule has 4 rings (SSSR count). The van der Waals surface area contributed by atoms with Crippen LogP contribution in [0.15, 0.2) is 70.0 Å². The third-order valence-corrected chi connectivity index (χ3v) is 11.6. The molecule has 0 saturated carbocycles. The molecular formula is C35H45F3N6O6S2. The number of aromatic nitrogens is 1. The van der Waals surface area contributed by atoms with Crippen LogP contribution in [-0.4, -0.2) is 100 Å².